The van der Waals surface area contributed by atoms with Gasteiger partial charge in [-0.2, -0.15) is 0 Å². The molecule has 0 aliphatic carbocycles. The highest BCUT2D eigenvalue weighted by Crippen LogP contribution is 2.53. The maximum absolute atomic E-state index is 14.0. The lowest BCUT2D eigenvalue weighted by Crippen LogP contribution is -2.65. The SMILES string of the molecule is C[C@@H](O[Si](C)(C)C(C)(C)C)[C@H]1C(=O)N2C(C(=O)OCc3ccc([N+](=O)[O-])cc3)=C(S[C@H]3C[C@@H](C(=O)N(C)C)N(C(=O)OCc4ccc([N+](=O)[O-])cc4)C3)[C@H](C)[C@H]12. The number of carbonyl (C=O) groups is 4. The van der Waals surface area contributed by atoms with Crippen molar-refractivity contribution in [3.8, 4) is 0 Å². The van der Waals surface area contributed by atoms with Crippen LogP contribution in [0.25, 0.3) is 0 Å². The molecule has 0 unspecified atom stereocenters. The van der Waals surface area contributed by atoms with E-state index in [0.29, 0.717) is 16.0 Å². The molecular formula is C38H49N5O11SSi. The van der Waals surface area contributed by atoms with E-state index in [0.717, 1.165) is 0 Å². The number of likely N-dealkylation sites (tertiary alicyclic amines) is 1. The highest BCUT2D eigenvalue weighted by Gasteiger charge is 2.62. The van der Waals surface area contributed by atoms with Gasteiger partial charge in [0.25, 0.3) is 11.4 Å². The van der Waals surface area contributed by atoms with Crippen LogP contribution in [-0.2, 0) is 41.5 Å². The highest BCUT2D eigenvalue weighted by molar-refractivity contribution is 8.03. The van der Waals surface area contributed by atoms with E-state index in [2.05, 4.69) is 33.9 Å². The largest absolute Gasteiger partial charge is 0.456 e. The van der Waals surface area contributed by atoms with Crippen molar-refractivity contribution in [3.63, 3.8) is 0 Å². The molecule has 0 saturated carbocycles. The van der Waals surface area contributed by atoms with Gasteiger partial charge in [-0.1, -0.05) is 27.7 Å². The number of nitrogens with zero attached hydrogens (tertiary/aromatic N) is 5. The number of amides is 3. The Morgan fingerprint density at radius 2 is 1.46 bits per heavy atom. The third kappa shape index (κ3) is 8.61. The van der Waals surface area contributed by atoms with Gasteiger partial charge in [-0.05, 0) is 66.9 Å². The third-order valence-electron chi connectivity index (χ3n) is 11.1. The lowest BCUT2D eigenvalue weighted by atomic mass is 9.79. The number of β-lactam (4-membered cyclic amide) rings is 1. The summed E-state index contributed by atoms with van der Waals surface area (Å²) in [4.78, 5) is 80.9. The molecule has 0 N–H and O–H groups in total. The van der Waals surface area contributed by atoms with Gasteiger partial charge in [-0.15, -0.1) is 11.8 Å². The normalized spacial score (nSPS) is 22.7. The maximum Gasteiger partial charge on any atom is 0.410 e. The minimum Gasteiger partial charge on any atom is -0.456 e. The number of fused-ring (bicyclic) bond motifs is 1. The maximum atomic E-state index is 14.0. The number of nitro groups is 2. The molecule has 5 rings (SSSR count). The van der Waals surface area contributed by atoms with E-state index < -0.39 is 54.3 Å². The topological polar surface area (TPSA) is 192 Å². The quantitative estimate of drug-likeness (QED) is 0.0728. The smallest absolute Gasteiger partial charge is 0.410 e. The van der Waals surface area contributed by atoms with E-state index in [1.807, 2.05) is 13.8 Å². The fourth-order valence-electron chi connectivity index (χ4n) is 7.04. The number of hydrogen-bond donors (Lipinski definition) is 0. The van der Waals surface area contributed by atoms with Crippen LogP contribution in [0, 0.1) is 32.1 Å². The zero-order valence-electron chi connectivity index (χ0n) is 33.0. The summed E-state index contributed by atoms with van der Waals surface area (Å²) in [7, 11) is 0.909. The van der Waals surface area contributed by atoms with Crippen molar-refractivity contribution >= 4 is 55.3 Å². The van der Waals surface area contributed by atoms with E-state index >= 15 is 0 Å². The van der Waals surface area contributed by atoms with Crippen LogP contribution in [0.15, 0.2) is 59.1 Å². The van der Waals surface area contributed by atoms with Gasteiger partial charge in [0, 0.05) is 61.0 Å². The molecule has 3 aliphatic heterocycles. The van der Waals surface area contributed by atoms with Crippen molar-refractivity contribution in [3.05, 3.63) is 90.5 Å². The molecule has 2 fully saturated rings. The van der Waals surface area contributed by atoms with Crippen LogP contribution >= 0.6 is 11.8 Å². The van der Waals surface area contributed by atoms with Crippen LogP contribution < -0.4 is 0 Å². The average Bonchev–Trinajstić information content (AvgIpc) is 3.65. The second kappa shape index (κ2) is 16.3. The molecule has 56 heavy (non-hydrogen) atoms. The Bertz CT molecular complexity index is 1920. The first kappa shape index (κ1) is 42.3. The zero-order valence-corrected chi connectivity index (χ0v) is 34.9. The molecule has 2 aromatic carbocycles. The first-order chi connectivity index (χ1) is 26.1. The third-order valence-corrected chi connectivity index (χ3v) is 17.2. The molecule has 18 heteroatoms. The summed E-state index contributed by atoms with van der Waals surface area (Å²) in [6, 6.07) is 9.97. The molecule has 2 aromatic rings. The van der Waals surface area contributed by atoms with Crippen LogP contribution in [0.5, 0.6) is 0 Å². The number of rotatable bonds is 13. The second-order valence-corrected chi connectivity index (χ2v) is 22.3. The summed E-state index contributed by atoms with van der Waals surface area (Å²) in [5.41, 5.74) is 0.949. The van der Waals surface area contributed by atoms with Crippen LogP contribution in [0.4, 0.5) is 16.2 Å². The van der Waals surface area contributed by atoms with Gasteiger partial charge in [-0.3, -0.25) is 34.7 Å². The Morgan fingerprint density at radius 1 is 0.946 bits per heavy atom. The lowest BCUT2D eigenvalue weighted by Gasteiger charge is -2.50. The van der Waals surface area contributed by atoms with Gasteiger partial charge in [0.1, 0.15) is 25.0 Å². The van der Waals surface area contributed by atoms with Crippen molar-refractivity contribution in [1.29, 1.82) is 0 Å². The number of benzene rings is 2. The Labute approximate surface area is 330 Å². The molecule has 0 radical (unpaired) electrons. The Balaban J connectivity index is 1.40. The molecule has 3 aliphatic rings. The fraction of sp³-hybridized carbons (Fsp3) is 0.526. The Hall–Kier alpha value is -4.81. The molecule has 302 valence electrons. The number of thioether (sulfide) groups is 1. The second-order valence-electron chi connectivity index (χ2n) is 16.2. The van der Waals surface area contributed by atoms with Crippen LogP contribution in [0.2, 0.25) is 18.1 Å². The summed E-state index contributed by atoms with van der Waals surface area (Å²) in [5.74, 6) is -2.14. The van der Waals surface area contributed by atoms with E-state index in [9.17, 15) is 39.4 Å². The average molecular weight is 812 g/mol. The lowest BCUT2D eigenvalue weighted by molar-refractivity contribution is -0.385. The van der Waals surface area contributed by atoms with Crippen molar-refractivity contribution in [2.75, 3.05) is 20.6 Å². The summed E-state index contributed by atoms with van der Waals surface area (Å²) in [6.45, 7) is 14.2. The fourth-order valence-corrected chi connectivity index (χ4v) is 9.99. The molecule has 2 saturated heterocycles. The van der Waals surface area contributed by atoms with Gasteiger partial charge < -0.3 is 23.7 Å². The van der Waals surface area contributed by atoms with Crippen LogP contribution in [0.1, 0.15) is 52.2 Å². The summed E-state index contributed by atoms with van der Waals surface area (Å²) in [5, 5.41) is 21.7. The summed E-state index contributed by atoms with van der Waals surface area (Å²) >= 11 is 1.33. The number of ether oxygens (including phenoxy) is 2. The first-order valence-corrected chi connectivity index (χ1v) is 22.1. The van der Waals surface area contributed by atoms with E-state index in [-0.39, 0.29) is 71.3 Å². The molecular weight excluding hydrogens is 763 g/mol. The predicted octanol–water partition coefficient (Wildman–Crippen LogP) is 6.25. The van der Waals surface area contributed by atoms with Crippen molar-refractivity contribution < 1.29 is 42.9 Å². The van der Waals surface area contributed by atoms with Gasteiger partial charge in [0.15, 0.2) is 8.32 Å². The monoisotopic (exact) mass is 811 g/mol. The molecule has 0 spiro atoms. The molecule has 6 atom stereocenters. The number of hydrogen-bond acceptors (Lipinski definition) is 12. The minimum atomic E-state index is -2.27. The molecule has 3 amide bonds. The zero-order chi connectivity index (χ0) is 41.4. The molecule has 3 heterocycles. The highest BCUT2D eigenvalue weighted by atomic mass is 32.2. The van der Waals surface area contributed by atoms with Gasteiger partial charge in [-0.25, -0.2) is 9.59 Å². The number of likely N-dealkylation sites (N-methyl/N-ethyl adjacent to an activating group) is 1. The summed E-state index contributed by atoms with van der Waals surface area (Å²) < 4.78 is 18.0. The number of nitro benzene ring substituents is 2. The van der Waals surface area contributed by atoms with Crippen LogP contribution in [-0.4, -0.2) is 101 Å². The van der Waals surface area contributed by atoms with Crippen molar-refractivity contribution in [2.24, 2.45) is 11.8 Å². The molecule has 0 bridgehead atoms. The van der Waals surface area contributed by atoms with Gasteiger partial charge in [0.05, 0.1) is 27.9 Å². The number of esters is 1. The van der Waals surface area contributed by atoms with Crippen molar-refractivity contribution in [1.82, 2.24) is 14.7 Å². The predicted molar refractivity (Wildman–Crippen MR) is 209 cm³/mol. The summed E-state index contributed by atoms with van der Waals surface area (Å²) in [6.07, 6.45) is -0.926. The van der Waals surface area contributed by atoms with E-state index in [1.54, 1.807) is 14.1 Å². The Morgan fingerprint density at radius 3 is 1.95 bits per heavy atom. The molecule has 0 aromatic heterocycles. The number of carbonyl (C=O) groups excluding carboxylic acids is 4. The van der Waals surface area contributed by atoms with Gasteiger partial charge >= 0.3 is 12.1 Å². The van der Waals surface area contributed by atoms with Crippen molar-refractivity contribution in [2.45, 2.75) is 95.8 Å². The Kier molecular flexibility index (Phi) is 12.4. The van der Waals surface area contributed by atoms with E-state index in [1.165, 1.54) is 75.0 Å². The van der Waals surface area contributed by atoms with Gasteiger partial charge in [0.2, 0.25) is 11.8 Å². The first-order valence-electron chi connectivity index (χ1n) is 18.3. The number of non-ortho nitro benzene ring substituents is 2. The standard InChI is InChI=1S/C38H49N5O11SSi/c1-22-31-30(23(2)54-56(8,9)38(3,4)5)35(45)41(31)32(36(46)52-20-24-10-14-26(15-11-24)42(48)49)33(22)55-28-18-29(34(44)39(6)7)40(19-28)37(47)53-21-25-12-16-27(17-13-25)43(50)51/h10-17,22-23,28-31H,18-21H2,1-9H3/t22-,23-,28+,29+,30-,31-/m1/s1. The van der Waals surface area contributed by atoms with E-state index in [4.69, 9.17) is 13.9 Å². The molecule has 16 nitrogen and oxygen atoms in total. The van der Waals surface area contributed by atoms with Crippen LogP contribution in [0.3, 0.4) is 0 Å². The minimum absolute atomic E-state index is 0.0982.